The number of carbonyl (C=O) groups is 1. The molecular formula is C20H24N2O3S. The van der Waals surface area contributed by atoms with Crippen LogP contribution >= 0.6 is 0 Å². The molecule has 2 aromatic rings. The Morgan fingerprint density at radius 3 is 2.31 bits per heavy atom. The maximum Gasteiger partial charge on any atom is 0.243 e. The van der Waals surface area contributed by atoms with E-state index in [9.17, 15) is 13.2 Å². The highest BCUT2D eigenvalue weighted by Crippen LogP contribution is 2.44. The Kier molecular flexibility index (Phi) is 4.49. The molecule has 0 radical (unpaired) electrons. The van der Waals surface area contributed by atoms with Crippen molar-refractivity contribution in [1.82, 2.24) is 9.62 Å². The molecule has 5 nitrogen and oxygen atoms in total. The summed E-state index contributed by atoms with van der Waals surface area (Å²) in [5.74, 6) is 0.975. The second-order valence-corrected chi connectivity index (χ2v) is 9.58. The standard InChI is InChI=1S/C20H24N2O3S/c1-22(13-19(23)21-20(15-6-7-15)16-8-9-16)26(24,25)18-11-10-14-4-2-3-5-17(14)12-18/h2-5,10-12,15-16,20H,6-9,13H2,1H3,(H,21,23). The van der Waals surface area contributed by atoms with Crippen molar-refractivity contribution >= 4 is 26.7 Å². The zero-order valence-corrected chi connectivity index (χ0v) is 15.7. The Morgan fingerprint density at radius 1 is 1.08 bits per heavy atom. The highest BCUT2D eigenvalue weighted by molar-refractivity contribution is 7.89. The molecule has 0 aromatic heterocycles. The molecule has 1 amide bonds. The lowest BCUT2D eigenvalue weighted by Crippen LogP contribution is -2.44. The number of amides is 1. The quantitative estimate of drug-likeness (QED) is 0.813. The number of sulfonamides is 1. The summed E-state index contributed by atoms with van der Waals surface area (Å²) in [6.45, 7) is -0.148. The number of benzene rings is 2. The van der Waals surface area contributed by atoms with E-state index in [1.54, 1.807) is 18.2 Å². The van der Waals surface area contributed by atoms with Gasteiger partial charge >= 0.3 is 0 Å². The number of rotatable bonds is 7. The van der Waals surface area contributed by atoms with Gasteiger partial charge in [-0.3, -0.25) is 4.79 Å². The van der Waals surface area contributed by atoms with E-state index < -0.39 is 10.0 Å². The third kappa shape index (κ3) is 3.62. The van der Waals surface area contributed by atoms with Gasteiger partial charge in [-0.05, 0) is 60.4 Å². The fourth-order valence-electron chi connectivity index (χ4n) is 3.56. The van der Waals surface area contributed by atoms with Gasteiger partial charge in [0.1, 0.15) is 0 Å². The molecule has 0 atom stereocenters. The van der Waals surface area contributed by atoms with Crippen molar-refractivity contribution in [2.24, 2.45) is 11.8 Å². The first kappa shape index (κ1) is 17.5. The van der Waals surface area contributed by atoms with Crippen LogP contribution in [0.25, 0.3) is 10.8 Å². The molecule has 6 heteroatoms. The molecule has 0 aliphatic heterocycles. The van der Waals surface area contributed by atoms with Crippen molar-refractivity contribution in [3.63, 3.8) is 0 Å². The van der Waals surface area contributed by atoms with Crippen molar-refractivity contribution in [2.75, 3.05) is 13.6 Å². The molecule has 0 unspecified atom stereocenters. The second-order valence-electron chi connectivity index (χ2n) is 7.54. The van der Waals surface area contributed by atoms with Crippen LogP contribution in [0, 0.1) is 11.8 Å². The molecule has 1 N–H and O–H groups in total. The first-order valence-electron chi connectivity index (χ1n) is 9.19. The van der Waals surface area contributed by atoms with E-state index in [4.69, 9.17) is 0 Å². The monoisotopic (exact) mass is 372 g/mol. The van der Waals surface area contributed by atoms with Gasteiger partial charge in [0, 0.05) is 13.1 Å². The van der Waals surface area contributed by atoms with Crippen LogP contribution in [0.1, 0.15) is 25.7 Å². The van der Waals surface area contributed by atoms with Crippen LogP contribution in [0.15, 0.2) is 47.4 Å². The zero-order chi connectivity index (χ0) is 18.3. The molecule has 2 fully saturated rings. The maximum atomic E-state index is 12.8. The second kappa shape index (κ2) is 6.67. The van der Waals surface area contributed by atoms with E-state index in [2.05, 4.69) is 5.32 Å². The molecule has 2 aromatic carbocycles. The average Bonchev–Trinajstić information content (AvgIpc) is 3.52. The normalized spacial score (nSPS) is 17.8. The zero-order valence-electron chi connectivity index (χ0n) is 14.9. The number of nitrogens with zero attached hydrogens (tertiary/aromatic N) is 1. The number of hydrogen-bond donors (Lipinski definition) is 1. The fraction of sp³-hybridized carbons (Fsp3) is 0.450. The number of hydrogen-bond acceptors (Lipinski definition) is 3. The topological polar surface area (TPSA) is 66.5 Å². The number of carbonyl (C=O) groups excluding carboxylic acids is 1. The fourth-order valence-corrected chi connectivity index (χ4v) is 4.72. The van der Waals surface area contributed by atoms with E-state index in [-0.39, 0.29) is 23.4 Å². The van der Waals surface area contributed by atoms with Crippen molar-refractivity contribution < 1.29 is 13.2 Å². The summed E-state index contributed by atoms with van der Waals surface area (Å²) in [5.41, 5.74) is 0. The van der Waals surface area contributed by atoms with Crippen molar-refractivity contribution in [3.05, 3.63) is 42.5 Å². The molecule has 0 saturated heterocycles. The molecule has 4 rings (SSSR count). The predicted molar refractivity (Wildman–Crippen MR) is 101 cm³/mol. The number of fused-ring (bicyclic) bond motifs is 1. The summed E-state index contributed by atoms with van der Waals surface area (Å²) in [6, 6.07) is 12.9. The van der Waals surface area contributed by atoms with Crippen LogP contribution in [0.4, 0.5) is 0 Å². The molecule has 0 spiro atoms. The summed E-state index contributed by atoms with van der Waals surface area (Å²) >= 11 is 0. The smallest absolute Gasteiger partial charge is 0.243 e. The van der Waals surface area contributed by atoms with Gasteiger partial charge in [0.25, 0.3) is 0 Å². The van der Waals surface area contributed by atoms with E-state index in [0.29, 0.717) is 11.8 Å². The summed E-state index contributed by atoms with van der Waals surface area (Å²) in [7, 11) is -2.23. The van der Waals surface area contributed by atoms with Crippen LogP contribution in [0.3, 0.4) is 0 Å². The summed E-state index contributed by atoms with van der Waals surface area (Å²) in [5, 5.41) is 4.94. The lowest BCUT2D eigenvalue weighted by Gasteiger charge is -2.21. The van der Waals surface area contributed by atoms with E-state index in [0.717, 1.165) is 15.1 Å². The maximum absolute atomic E-state index is 12.8. The van der Waals surface area contributed by atoms with Gasteiger partial charge in [0.05, 0.1) is 11.4 Å². The Morgan fingerprint density at radius 2 is 1.69 bits per heavy atom. The first-order valence-corrected chi connectivity index (χ1v) is 10.6. The van der Waals surface area contributed by atoms with E-state index >= 15 is 0 Å². The average molecular weight is 372 g/mol. The molecule has 138 valence electrons. The molecule has 2 aliphatic carbocycles. The highest BCUT2D eigenvalue weighted by Gasteiger charge is 2.42. The SMILES string of the molecule is CN(CC(=O)NC(C1CC1)C1CC1)S(=O)(=O)c1ccc2ccccc2c1. The molecule has 2 saturated carbocycles. The van der Waals surface area contributed by atoms with E-state index in [1.165, 1.54) is 32.7 Å². The number of likely N-dealkylation sites (N-methyl/N-ethyl adjacent to an activating group) is 1. The van der Waals surface area contributed by atoms with Gasteiger partial charge in [-0.15, -0.1) is 0 Å². The molecule has 2 aliphatic rings. The number of nitrogens with one attached hydrogen (secondary N) is 1. The summed E-state index contributed by atoms with van der Waals surface area (Å²) < 4.78 is 26.8. The van der Waals surface area contributed by atoms with Crippen LogP contribution in [0.2, 0.25) is 0 Å². The van der Waals surface area contributed by atoms with Crippen molar-refractivity contribution in [3.8, 4) is 0 Å². The Hall–Kier alpha value is -1.92. The van der Waals surface area contributed by atoms with Gasteiger partial charge in [0.15, 0.2) is 0 Å². The third-order valence-electron chi connectivity index (χ3n) is 5.38. The van der Waals surface area contributed by atoms with Crippen LogP contribution in [-0.4, -0.2) is 38.3 Å². The lowest BCUT2D eigenvalue weighted by molar-refractivity contribution is -0.122. The minimum Gasteiger partial charge on any atom is -0.352 e. The minimum atomic E-state index is -3.70. The van der Waals surface area contributed by atoms with Gasteiger partial charge in [-0.1, -0.05) is 30.3 Å². The molecule has 0 heterocycles. The summed E-state index contributed by atoms with van der Waals surface area (Å²) in [4.78, 5) is 12.6. The van der Waals surface area contributed by atoms with Crippen LogP contribution < -0.4 is 5.32 Å². The molecule has 0 bridgehead atoms. The van der Waals surface area contributed by atoms with Crippen molar-refractivity contribution in [1.29, 1.82) is 0 Å². The van der Waals surface area contributed by atoms with Crippen molar-refractivity contribution in [2.45, 2.75) is 36.6 Å². The predicted octanol–water partition coefficient (Wildman–Crippen LogP) is 2.77. The minimum absolute atomic E-state index is 0.148. The van der Waals surface area contributed by atoms with E-state index in [1.807, 2.05) is 24.3 Å². The molecular weight excluding hydrogens is 348 g/mol. The highest BCUT2D eigenvalue weighted by atomic mass is 32.2. The third-order valence-corrected chi connectivity index (χ3v) is 7.18. The van der Waals surface area contributed by atoms with Gasteiger partial charge in [-0.2, -0.15) is 4.31 Å². The lowest BCUT2D eigenvalue weighted by atomic mass is 10.1. The van der Waals surface area contributed by atoms with Crippen LogP contribution in [0.5, 0.6) is 0 Å². The molecule has 26 heavy (non-hydrogen) atoms. The van der Waals surface area contributed by atoms with Gasteiger partial charge in [0.2, 0.25) is 15.9 Å². The van der Waals surface area contributed by atoms with Crippen LogP contribution in [-0.2, 0) is 14.8 Å². The largest absolute Gasteiger partial charge is 0.352 e. The first-order chi connectivity index (χ1) is 12.4. The Labute approximate surface area is 154 Å². The summed E-state index contributed by atoms with van der Waals surface area (Å²) in [6.07, 6.45) is 4.69. The Balaban J connectivity index is 1.46. The van der Waals surface area contributed by atoms with Gasteiger partial charge in [-0.25, -0.2) is 8.42 Å². The van der Waals surface area contributed by atoms with Gasteiger partial charge < -0.3 is 5.32 Å². The Bertz CT molecular complexity index is 921.